The van der Waals surface area contributed by atoms with Crippen LogP contribution < -0.4 is 0 Å². The molecule has 0 N–H and O–H groups in total. The van der Waals surface area contributed by atoms with Crippen LogP contribution in [0.1, 0.15) is 0 Å². The Labute approximate surface area is 321 Å². The molecule has 5 heteroatoms. The van der Waals surface area contributed by atoms with E-state index in [0.717, 1.165) is 67.3 Å². The summed E-state index contributed by atoms with van der Waals surface area (Å²) in [5.41, 5.74) is 12.8. The highest BCUT2D eigenvalue weighted by atomic mass is 32.1. The molecule has 3 heterocycles. The Morgan fingerprint density at radius 2 is 0.800 bits per heavy atom. The molecule has 11 aromatic rings. The van der Waals surface area contributed by atoms with Crippen LogP contribution in [0.15, 0.2) is 194 Å². The van der Waals surface area contributed by atoms with Crippen LogP contribution in [0.4, 0.5) is 0 Å². The van der Waals surface area contributed by atoms with E-state index in [0.29, 0.717) is 0 Å². The first-order valence-corrected chi connectivity index (χ1v) is 19.3. The molecule has 0 saturated carbocycles. The molecular formula is C50H32N4S. The average molecular weight is 721 g/mol. The third-order valence-electron chi connectivity index (χ3n) is 10.5. The van der Waals surface area contributed by atoms with Gasteiger partial charge in [0.2, 0.25) is 0 Å². The molecule has 55 heavy (non-hydrogen) atoms. The van der Waals surface area contributed by atoms with Crippen LogP contribution in [-0.4, -0.2) is 19.1 Å². The number of para-hydroxylation sites is 4. The third-order valence-corrected chi connectivity index (χ3v) is 11.7. The van der Waals surface area contributed by atoms with E-state index in [-0.39, 0.29) is 0 Å². The monoisotopic (exact) mass is 720 g/mol. The maximum atomic E-state index is 5.20. The summed E-state index contributed by atoms with van der Waals surface area (Å²) in [6, 6.07) is 69.1. The van der Waals surface area contributed by atoms with Crippen molar-refractivity contribution in [1.82, 2.24) is 19.1 Å². The van der Waals surface area contributed by atoms with Gasteiger partial charge in [0.05, 0.1) is 33.4 Å². The van der Waals surface area contributed by atoms with Crippen molar-refractivity contribution < 1.29 is 0 Å². The molecular weight excluding hydrogens is 689 g/mol. The quantitative estimate of drug-likeness (QED) is 0.171. The zero-order valence-corrected chi connectivity index (χ0v) is 30.5. The summed E-state index contributed by atoms with van der Waals surface area (Å²) in [4.78, 5) is 10.4. The van der Waals surface area contributed by atoms with Crippen LogP contribution in [0.5, 0.6) is 0 Å². The molecule has 258 valence electrons. The predicted octanol–water partition coefficient (Wildman–Crippen LogP) is 13.4. The highest BCUT2D eigenvalue weighted by molar-refractivity contribution is 7.25. The molecule has 0 aliphatic carbocycles. The van der Waals surface area contributed by atoms with Crippen LogP contribution >= 0.6 is 11.3 Å². The number of thiophene rings is 1. The molecule has 0 atom stereocenters. The summed E-state index contributed by atoms with van der Waals surface area (Å²) in [5, 5.41) is 2.62. The molecule has 0 amide bonds. The van der Waals surface area contributed by atoms with Gasteiger partial charge < -0.3 is 0 Å². The highest BCUT2D eigenvalue weighted by Crippen LogP contribution is 2.39. The van der Waals surface area contributed by atoms with Gasteiger partial charge in [-0.2, -0.15) is 0 Å². The SMILES string of the molecule is c1ccc(-c2nc3ccccc3n2-c2cc(-c3ccc(-c4ccc5sc6ccccc6c5c4)cc3)cc(-n3c(-c4ccccc4)nc4ccccc43)c2)cc1. The largest absolute Gasteiger partial charge is 0.292 e. The summed E-state index contributed by atoms with van der Waals surface area (Å²) < 4.78 is 7.24. The molecule has 0 bridgehead atoms. The first kappa shape index (κ1) is 31.4. The Morgan fingerprint density at radius 1 is 0.327 bits per heavy atom. The molecule has 0 fully saturated rings. The van der Waals surface area contributed by atoms with Crippen molar-refractivity contribution in [2.45, 2.75) is 0 Å². The number of nitrogens with zero attached hydrogens (tertiary/aromatic N) is 4. The first-order valence-electron chi connectivity index (χ1n) is 18.5. The molecule has 0 aliphatic rings. The fraction of sp³-hybridized carbons (Fsp3) is 0. The van der Waals surface area contributed by atoms with Crippen molar-refractivity contribution in [3.8, 4) is 56.4 Å². The highest BCUT2D eigenvalue weighted by Gasteiger charge is 2.20. The van der Waals surface area contributed by atoms with Crippen LogP contribution in [0.25, 0.3) is 98.6 Å². The Morgan fingerprint density at radius 3 is 1.40 bits per heavy atom. The van der Waals surface area contributed by atoms with Crippen LogP contribution in [0.3, 0.4) is 0 Å². The molecule has 4 nitrogen and oxygen atoms in total. The second-order valence-electron chi connectivity index (χ2n) is 13.9. The first-order chi connectivity index (χ1) is 27.2. The summed E-state index contributed by atoms with van der Waals surface area (Å²) in [7, 11) is 0. The van der Waals surface area contributed by atoms with Crippen LogP contribution in [0.2, 0.25) is 0 Å². The number of imidazole rings is 2. The Balaban J connectivity index is 1.13. The van der Waals surface area contributed by atoms with Crippen LogP contribution in [0, 0.1) is 0 Å². The summed E-state index contributed by atoms with van der Waals surface area (Å²) >= 11 is 1.85. The Hall–Kier alpha value is -7.08. The minimum Gasteiger partial charge on any atom is -0.292 e. The van der Waals surface area contributed by atoms with Crippen molar-refractivity contribution in [3.05, 3.63) is 194 Å². The van der Waals surface area contributed by atoms with Crippen molar-refractivity contribution in [2.24, 2.45) is 0 Å². The number of hydrogen-bond acceptors (Lipinski definition) is 3. The molecule has 0 unspecified atom stereocenters. The lowest BCUT2D eigenvalue weighted by Gasteiger charge is -2.17. The standard InChI is InChI=1S/C50H32N4S/c1-3-13-35(14-4-1)49-51-43-18-8-10-20-45(43)53(49)39-29-38(30-40(32-39)54-46-21-11-9-19-44(46)52-50(54)36-15-5-2-6-16-36)34-25-23-33(24-26-34)37-27-28-48-42(31-37)41-17-7-12-22-47(41)55-48/h1-32H. The van der Waals surface area contributed by atoms with Crippen molar-refractivity contribution in [1.29, 1.82) is 0 Å². The van der Waals surface area contributed by atoms with E-state index in [1.54, 1.807) is 0 Å². The third kappa shape index (κ3) is 5.36. The van der Waals surface area contributed by atoms with Gasteiger partial charge in [0.1, 0.15) is 11.6 Å². The Bertz CT molecular complexity index is 3050. The maximum absolute atomic E-state index is 5.20. The van der Waals surface area contributed by atoms with Crippen LogP contribution in [-0.2, 0) is 0 Å². The molecule has 0 spiro atoms. The van der Waals surface area contributed by atoms with Gasteiger partial charge in [-0.1, -0.05) is 133 Å². The molecule has 0 radical (unpaired) electrons. The second-order valence-corrected chi connectivity index (χ2v) is 15.0. The van der Waals surface area contributed by atoms with E-state index in [9.17, 15) is 0 Å². The molecule has 11 rings (SSSR count). The van der Waals surface area contributed by atoms with Gasteiger partial charge >= 0.3 is 0 Å². The van der Waals surface area contributed by atoms with Gasteiger partial charge in [0, 0.05) is 31.3 Å². The van der Waals surface area contributed by atoms with Gasteiger partial charge in [-0.05, 0) is 82.9 Å². The number of aromatic nitrogens is 4. The predicted molar refractivity (Wildman–Crippen MR) is 230 cm³/mol. The average Bonchev–Trinajstić information content (AvgIpc) is 3.96. The topological polar surface area (TPSA) is 35.6 Å². The minimum atomic E-state index is 0.898. The molecule has 0 aliphatic heterocycles. The zero-order chi connectivity index (χ0) is 36.3. The molecule has 3 aromatic heterocycles. The number of benzene rings is 8. The van der Waals surface area contributed by atoms with Gasteiger partial charge in [-0.15, -0.1) is 11.3 Å². The van der Waals surface area contributed by atoms with E-state index in [2.05, 4.69) is 203 Å². The van der Waals surface area contributed by atoms with E-state index >= 15 is 0 Å². The van der Waals surface area contributed by atoms with Gasteiger partial charge in [-0.3, -0.25) is 9.13 Å². The molecule has 8 aromatic carbocycles. The van der Waals surface area contributed by atoms with E-state index in [4.69, 9.17) is 9.97 Å². The minimum absolute atomic E-state index is 0.898. The number of fused-ring (bicyclic) bond motifs is 5. The Kier molecular flexibility index (Phi) is 7.32. The van der Waals surface area contributed by atoms with E-state index in [1.165, 1.54) is 31.3 Å². The molecule has 0 saturated heterocycles. The maximum Gasteiger partial charge on any atom is 0.145 e. The fourth-order valence-electron chi connectivity index (χ4n) is 7.92. The normalized spacial score (nSPS) is 11.6. The van der Waals surface area contributed by atoms with Crippen molar-refractivity contribution in [3.63, 3.8) is 0 Å². The van der Waals surface area contributed by atoms with E-state index < -0.39 is 0 Å². The lowest BCUT2D eigenvalue weighted by atomic mass is 9.98. The zero-order valence-electron chi connectivity index (χ0n) is 29.7. The smallest absolute Gasteiger partial charge is 0.145 e. The van der Waals surface area contributed by atoms with Crippen molar-refractivity contribution in [2.75, 3.05) is 0 Å². The van der Waals surface area contributed by atoms with Crippen molar-refractivity contribution >= 4 is 53.6 Å². The van der Waals surface area contributed by atoms with Gasteiger partial charge in [0.25, 0.3) is 0 Å². The lowest BCUT2D eigenvalue weighted by Crippen LogP contribution is -2.03. The lowest BCUT2D eigenvalue weighted by molar-refractivity contribution is 1.07. The second kappa shape index (κ2) is 12.8. The summed E-state index contributed by atoms with van der Waals surface area (Å²) in [6.07, 6.45) is 0. The van der Waals surface area contributed by atoms with Gasteiger partial charge in [0.15, 0.2) is 0 Å². The fourth-order valence-corrected chi connectivity index (χ4v) is 9.00. The number of hydrogen-bond donors (Lipinski definition) is 0. The summed E-state index contributed by atoms with van der Waals surface area (Å²) in [6.45, 7) is 0. The van der Waals surface area contributed by atoms with E-state index in [1.807, 2.05) is 11.3 Å². The van der Waals surface area contributed by atoms with Gasteiger partial charge in [-0.25, -0.2) is 9.97 Å². The number of rotatable bonds is 6. The summed E-state index contributed by atoms with van der Waals surface area (Å²) in [5.74, 6) is 1.80.